The van der Waals surface area contributed by atoms with Gasteiger partial charge >= 0.3 is 23.9 Å². The Bertz CT molecular complexity index is 1050. The summed E-state index contributed by atoms with van der Waals surface area (Å²) in [6, 6.07) is 0. The van der Waals surface area contributed by atoms with Gasteiger partial charge in [-0.3, -0.25) is 19.2 Å². The first-order valence-electron chi connectivity index (χ1n) is 17.4. The highest BCUT2D eigenvalue weighted by molar-refractivity contribution is 5.72. The Morgan fingerprint density at radius 3 is 2.00 bits per heavy atom. The molecule has 0 aromatic carbocycles. The Morgan fingerprint density at radius 2 is 1.45 bits per heavy atom. The van der Waals surface area contributed by atoms with E-state index in [2.05, 4.69) is 13.8 Å². The minimum atomic E-state index is -2.38. The zero-order valence-electron chi connectivity index (χ0n) is 29.9. The second-order valence-electron chi connectivity index (χ2n) is 13.7. The highest BCUT2D eigenvalue weighted by Gasteiger charge is 2.62. The summed E-state index contributed by atoms with van der Waals surface area (Å²) < 4.78 is 40.1. The maximum atomic E-state index is 13.0. The van der Waals surface area contributed by atoms with Crippen molar-refractivity contribution >= 4 is 23.9 Å². The van der Waals surface area contributed by atoms with E-state index < -0.39 is 104 Å². The topological polar surface area (TPSA) is 214 Å². The number of rotatable bonds is 20. The zero-order valence-corrected chi connectivity index (χ0v) is 29.9. The molecular formula is C34H58O15. The molecule has 0 aliphatic carbocycles. The zero-order chi connectivity index (χ0) is 36.9. The molecule has 1 unspecified atom stereocenters. The summed E-state index contributed by atoms with van der Waals surface area (Å²) in [5, 5.41) is 41.9. The smallest absolute Gasteiger partial charge is 0.308 e. The molecule has 2 aliphatic heterocycles. The van der Waals surface area contributed by atoms with Gasteiger partial charge in [-0.2, -0.15) is 0 Å². The van der Waals surface area contributed by atoms with Crippen molar-refractivity contribution in [3.63, 3.8) is 0 Å². The van der Waals surface area contributed by atoms with Gasteiger partial charge in [0.1, 0.15) is 24.9 Å². The van der Waals surface area contributed by atoms with Crippen molar-refractivity contribution in [2.45, 2.75) is 155 Å². The van der Waals surface area contributed by atoms with E-state index in [1.54, 1.807) is 27.7 Å². The van der Waals surface area contributed by atoms with Crippen LogP contribution >= 0.6 is 0 Å². The van der Waals surface area contributed by atoms with Crippen LogP contribution in [0.25, 0.3) is 0 Å². The molecule has 15 nitrogen and oxygen atoms in total. The lowest BCUT2D eigenvalue weighted by Crippen LogP contribution is -2.65. The summed E-state index contributed by atoms with van der Waals surface area (Å²) in [4.78, 5) is 51.0. The summed E-state index contributed by atoms with van der Waals surface area (Å²) in [6.45, 7) is 9.48. The molecule has 2 saturated heterocycles. The lowest BCUT2D eigenvalue weighted by Gasteiger charge is -2.46. The van der Waals surface area contributed by atoms with Crippen molar-refractivity contribution in [3.8, 4) is 0 Å². The van der Waals surface area contributed by atoms with Crippen LogP contribution in [0.5, 0.6) is 0 Å². The van der Waals surface area contributed by atoms with E-state index in [9.17, 15) is 39.6 Å². The fraction of sp³-hybridized carbons (Fsp3) is 0.882. The van der Waals surface area contributed by atoms with Gasteiger partial charge in [0, 0.05) is 19.8 Å². The minimum absolute atomic E-state index is 0.00289. The van der Waals surface area contributed by atoms with Crippen LogP contribution in [0.15, 0.2) is 0 Å². The number of esters is 4. The normalized spacial score (nSPS) is 30.6. The molecule has 284 valence electrons. The van der Waals surface area contributed by atoms with E-state index in [4.69, 9.17) is 33.2 Å². The number of aliphatic hydroxyl groups excluding tert-OH is 4. The molecule has 4 N–H and O–H groups in total. The monoisotopic (exact) mass is 706 g/mol. The third-order valence-electron chi connectivity index (χ3n) is 8.61. The van der Waals surface area contributed by atoms with Crippen molar-refractivity contribution < 1.29 is 72.8 Å². The lowest BCUT2D eigenvalue weighted by molar-refractivity contribution is -0.384. The van der Waals surface area contributed by atoms with Gasteiger partial charge < -0.3 is 53.6 Å². The van der Waals surface area contributed by atoms with Crippen molar-refractivity contribution in [3.05, 3.63) is 0 Å². The Labute approximate surface area is 288 Å². The molecule has 0 amide bonds. The van der Waals surface area contributed by atoms with Crippen LogP contribution in [0.2, 0.25) is 0 Å². The molecule has 2 aliphatic rings. The summed E-state index contributed by atoms with van der Waals surface area (Å²) in [5.41, 5.74) is 0. The van der Waals surface area contributed by atoms with E-state index in [-0.39, 0.29) is 18.8 Å². The molecule has 0 bridgehead atoms. The largest absolute Gasteiger partial charge is 0.455 e. The van der Waals surface area contributed by atoms with Gasteiger partial charge in [0.2, 0.25) is 12.1 Å². The van der Waals surface area contributed by atoms with Gasteiger partial charge in [-0.1, -0.05) is 73.6 Å². The summed E-state index contributed by atoms with van der Waals surface area (Å²) in [6.07, 6.45) is -7.26. The van der Waals surface area contributed by atoms with Gasteiger partial charge in [-0.25, -0.2) is 0 Å². The predicted octanol–water partition coefficient (Wildman–Crippen LogP) is 1.92. The Kier molecular flexibility index (Phi) is 17.8. The first-order valence-corrected chi connectivity index (χ1v) is 17.4. The van der Waals surface area contributed by atoms with E-state index in [0.717, 1.165) is 39.0 Å². The highest BCUT2D eigenvalue weighted by Crippen LogP contribution is 2.39. The quantitative estimate of drug-likeness (QED) is 0.0809. The molecule has 2 fully saturated rings. The van der Waals surface area contributed by atoms with Crippen LogP contribution in [0.4, 0.5) is 0 Å². The Morgan fingerprint density at radius 1 is 0.796 bits per heavy atom. The van der Waals surface area contributed by atoms with Crippen LogP contribution in [0, 0.1) is 17.8 Å². The van der Waals surface area contributed by atoms with Crippen molar-refractivity contribution in [2.75, 3.05) is 19.8 Å². The number of carbonyl (C=O) groups is 4. The van der Waals surface area contributed by atoms with Gasteiger partial charge in [0.15, 0.2) is 24.4 Å². The van der Waals surface area contributed by atoms with Gasteiger partial charge in [0.25, 0.3) is 0 Å². The molecule has 0 spiro atoms. The SMILES string of the molecule is CCC(C)CCCCCCC(=O)O[C@H]1[C@H](O)[C@@H](CO)O[C@@]1(CO)O[C@H]1O[C@H](CO)[C@@H](OC(=O)CC(C)C)[C@H](OC(=O)C(C)C)[C@H]1OC(C)=O. The van der Waals surface area contributed by atoms with Crippen LogP contribution in [-0.2, 0) is 52.3 Å². The molecule has 0 saturated carbocycles. The maximum absolute atomic E-state index is 13.0. The molecule has 0 aromatic heterocycles. The first-order chi connectivity index (χ1) is 23.1. The molecular weight excluding hydrogens is 648 g/mol. The molecule has 0 radical (unpaired) electrons. The number of unbranched alkanes of at least 4 members (excludes halogenated alkanes) is 3. The molecule has 49 heavy (non-hydrogen) atoms. The second kappa shape index (κ2) is 20.4. The van der Waals surface area contributed by atoms with Crippen LogP contribution in [0.3, 0.4) is 0 Å². The third-order valence-corrected chi connectivity index (χ3v) is 8.61. The highest BCUT2D eigenvalue weighted by atomic mass is 16.8. The second-order valence-corrected chi connectivity index (χ2v) is 13.7. The van der Waals surface area contributed by atoms with E-state index >= 15 is 0 Å². The standard InChI is InChI=1S/C34H58O15/c1-8-21(6)13-11-9-10-12-14-25(39)46-31-27(41)23(16-35)48-34(31,18-37)49-33-30(43-22(7)38)29(47-32(42)20(4)5)28(24(17-36)44-33)45-26(40)15-19(2)3/h19-21,23-24,27-31,33,35-37,41H,8-18H2,1-7H3/t21?,23-,24-,27-,28-,29+,30-,31+,33-,34+/m1/s1. The van der Waals surface area contributed by atoms with Crippen LogP contribution in [-0.4, -0.2) is 119 Å². The maximum Gasteiger partial charge on any atom is 0.308 e. The van der Waals surface area contributed by atoms with E-state index in [1.165, 1.54) is 0 Å². The first kappa shape index (κ1) is 42.8. The number of hydrogen-bond acceptors (Lipinski definition) is 15. The van der Waals surface area contributed by atoms with Crippen molar-refractivity contribution in [1.82, 2.24) is 0 Å². The number of carbonyl (C=O) groups excluding carboxylic acids is 4. The summed E-state index contributed by atoms with van der Waals surface area (Å²) in [7, 11) is 0. The average Bonchev–Trinajstić information content (AvgIpc) is 3.30. The summed E-state index contributed by atoms with van der Waals surface area (Å²) >= 11 is 0. The fourth-order valence-electron chi connectivity index (χ4n) is 5.65. The number of hydrogen-bond donors (Lipinski definition) is 4. The summed E-state index contributed by atoms with van der Waals surface area (Å²) in [5.74, 6) is -5.59. The Hall–Kier alpha value is -2.40. The van der Waals surface area contributed by atoms with E-state index in [1.807, 2.05) is 0 Å². The van der Waals surface area contributed by atoms with E-state index in [0.29, 0.717) is 12.3 Å². The van der Waals surface area contributed by atoms with Crippen molar-refractivity contribution in [2.24, 2.45) is 17.8 Å². The minimum Gasteiger partial charge on any atom is -0.455 e. The lowest BCUT2D eigenvalue weighted by atomic mass is 9.97. The van der Waals surface area contributed by atoms with Crippen molar-refractivity contribution in [1.29, 1.82) is 0 Å². The molecule has 0 aromatic rings. The number of aliphatic hydroxyl groups is 4. The Balaban J connectivity index is 2.40. The van der Waals surface area contributed by atoms with Crippen LogP contribution in [0.1, 0.15) is 99.8 Å². The third kappa shape index (κ3) is 12.4. The molecule has 2 rings (SSSR count). The number of ether oxygens (including phenoxy) is 7. The molecule has 2 heterocycles. The van der Waals surface area contributed by atoms with Gasteiger partial charge in [-0.15, -0.1) is 0 Å². The average molecular weight is 707 g/mol. The van der Waals surface area contributed by atoms with Gasteiger partial charge in [-0.05, 0) is 18.3 Å². The fourth-order valence-corrected chi connectivity index (χ4v) is 5.65. The molecule has 15 heteroatoms. The van der Waals surface area contributed by atoms with Gasteiger partial charge in [0.05, 0.1) is 19.1 Å². The van der Waals surface area contributed by atoms with Crippen LogP contribution < -0.4 is 0 Å². The molecule has 10 atom stereocenters. The predicted molar refractivity (Wildman–Crippen MR) is 171 cm³/mol.